The van der Waals surface area contributed by atoms with Crippen LogP contribution >= 0.6 is 11.3 Å². The molecule has 7 heteroatoms. The fourth-order valence-electron chi connectivity index (χ4n) is 2.98. The third-order valence-corrected chi connectivity index (χ3v) is 6.49. The van der Waals surface area contributed by atoms with Crippen LogP contribution in [-0.4, -0.2) is 32.4 Å². The number of carbonyl (C=O) groups is 1. The Kier molecular flexibility index (Phi) is 4.44. The van der Waals surface area contributed by atoms with Crippen molar-refractivity contribution < 1.29 is 4.79 Å². The number of aliphatic imine (C=N–C) groups is 1. The number of nitrogens with one attached hydrogen (secondary N) is 2. The summed E-state index contributed by atoms with van der Waals surface area (Å²) in [5, 5.41) is 5.99. The van der Waals surface area contributed by atoms with Crippen LogP contribution in [0.15, 0.2) is 34.4 Å². The van der Waals surface area contributed by atoms with Gasteiger partial charge in [0, 0.05) is 9.52 Å². The number of thiazole rings is 1. The van der Waals surface area contributed by atoms with Gasteiger partial charge in [0.2, 0.25) is 5.96 Å². The van der Waals surface area contributed by atoms with Gasteiger partial charge in [-0.15, -0.1) is 11.3 Å². The second kappa shape index (κ2) is 6.86. The molecule has 2 aliphatic heterocycles. The first-order valence-corrected chi connectivity index (χ1v) is 10.5. The van der Waals surface area contributed by atoms with E-state index in [0.717, 1.165) is 37.8 Å². The number of benzene rings is 1. The van der Waals surface area contributed by atoms with Gasteiger partial charge in [0.1, 0.15) is 5.70 Å². The molecule has 0 aliphatic carbocycles. The van der Waals surface area contributed by atoms with Crippen LogP contribution in [0.3, 0.4) is 0 Å². The van der Waals surface area contributed by atoms with Crippen LogP contribution in [0.2, 0.25) is 12.1 Å². The largest absolute Gasteiger partial charge is 0.321 e. The average Bonchev–Trinajstić information content (AvgIpc) is 3.07. The summed E-state index contributed by atoms with van der Waals surface area (Å²) in [4.78, 5) is 21.2. The van der Waals surface area contributed by atoms with Crippen molar-refractivity contribution in [2.45, 2.75) is 37.4 Å². The molecule has 1 aromatic carbocycles. The molecule has 2 radical (unpaired) electrons. The fraction of sp³-hybridized carbons (Fsp3) is 0.353. The number of aromatic nitrogens is 1. The van der Waals surface area contributed by atoms with E-state index in [0.29, 0.717) is 17.7 Å². The molecule has 0 saturated carbocycles. The van der Waals surface area contributed by atoms with Crippen LogP contribution in [0.1, 0.15) is 24.8 Å². The first-order chi connectivity index (χ1) is 11.8. The van der Waals surface area contributed by atoms with Crippen molar-refractivity contribution in [3.05, 3.63) is 35.0 Å². The topological polar surface area (TPSA) is 66.4 Å². The van der Waals surface area contributed by atoms with Crippen molar-refractivity contribution in [3.63, 3.8) is 0 Å². The van der Waals surface area contributed by atoms with Gasteiger partial charge < -0.3 is 5.32 Å². The molecule has 24 heavy (non-hydrogen) atoms. The molecule has 0 spiro atoms. The van der Waals surface area contributed by atoms with Gasteiger partial charge in [-0.05, 0) is 36.2 Å². The molecule has 2 saturated heterocycles. The van der Waals surface area contributed by atoms with Crippen molar-refractivity contribution in [3.8, 4) is 0 Å². The minimum atomic E-state index is -0.116. The summed E-state index contributed by atoms with van der Waals surface area (Å²) >= 11 is 1.60. The maximum atomic E-state index is 12.2. The zero-order valence-corrected chi connectivity index (χ0v) is 15.0. The van der Waals surface area contributed by atoms with Gasteiger partial charge in [-0.25, -0.2) is 9.98 Å². The van der Waals surface area contributed by atoms with E-state index in [1.807, 2.05) is 23.7 Å². The molecule has 0 bridgehead atoms. The number of nitrogens with zero attached hydrogens (tertiary/aromatic N) is 2. The molecule has 5 nitrogen and oxygen atoms in total. The highest BCUT2D eigenvalue weighted by atomic mass is 32.1. The molecule has 2 N–H and O–H groups in total. The third-order valence-electron chi connectivity index (χ3n) is 4.23. The number of guanidine groups is 1. The van der Waals surface area contributed by atoms with Gasteiger partial charge >= 0.3 is 0 Å². The number of hydrogen-bond donors (Lipinski definition) is 2. The van der Waals surface area contributed by atoms with Crippen molar-refractivity contribution in [2.24, 2.45) is 4.99 Å². The van der Waals surface area contributed by atoms with Gasteiger partial charge in [0.05, 0.1) is 21.8 Å². The highest BCUT2D eigenvalue weighted by Crippen LogP contribution is 2.21. The summed E-state index contributed by atoms with van der Waals surface area (Å²) in [6.45, 7) is 0. The lowest BCUT2D eigenvalue weighted by atomic mass is 10.1. The van der Waals surface area contributed by atoms with Crippen LogP contribution in [0.5, 0.6) is 0 Å². The maximum absolute atomic E-state index is 12.2. The Morgan fingerprint density at radius 2 is 2.29 bits per heavy atom. The molecular formula is C17H18N4OSSi. The number of amides is 1. The first kappa shape index (κ1) is 15.5. The third kappa shape index (κ3) is 3.41. The summed E-state index contributed by atoms with van der Waals surface area (Å²) in [6.07, 6.45) is 5.53. The Bertz CT molecular complexity index is 821. The lowest BCUT2D eigenvalue weighted by Crippen LogP contribution is -2.27. The molecule has 3 heterocycles. The van der Waals surface area contributed by atoms with E-state index in [2.05, 4.69) is 21.7 Å². The molecule has 122 valence electrons. The Morgan fingerprint density at radius 3 is 3.25 bits per heavy atom. The summed E-state index contributed by atoms with van der Waals surface area (Å²) < 4.78 is 1.12. The Hall–Kier alpha value is -1.99. The van der Waals surface area contributed by atoms with Crippen molar-refractivity contribution in [2.75, 3.05) is 0 Å². The van der Waals surface area contributed by atoms with Gasteiger partial charge in [0.25, 0.3) is 5.91 Å². The van der Waals surface area contributed by atoms with Gasteiger partial charge in [0.15, 0.2) is 0 Å². The molecular weight excluding hydrogens is 336 g/mol. The second-order valence-electron chi connectivity index (χ2n) is 6.05. The van der Waals surface area contributed by atoms with Gasteiger partial charge in [-0.3, -0.25) is 10.1 Å². The maximum Gasteiger partial charge on any atom is 0.274 e. The van der Waals surface area contributed by atoms with Crippen LogP contribution in [-0.2, 0) is 4.79 Å². The molecule has 2 aromatic rings. The lowest BCUT2D eigenvalue weighted by Gasteiger charge is -2.08. The Labute approximate surface area is 147 Å². The van der Waals surface area contributed by atoms with Crippen LogP contribution in [0.25, 0.3) is 16.3 Å². The number of carbonyl (C=O) groups excluding carboxylic acids is 1. The summed E-state index contributed by atoms with van der Waals surface area (Å²) in [6, 6.07) is 8.81. The Morgan fingerprint density at radius 1 is 1.33 bits per heavy atom. The SMILES string of the molecule is O=C1NC(=N[C@H]2CCCC[Si]C2)N/C1=C\c1ccc2ncsc2c1. The molecule has 1 amide bonds. The zero-order valence-electron chi connectivity index (χ0n) is 13.2. The van der Waals surface area contributed by atoms with E-state index in [1.165, 1.54) is 18.9 Å². The van der Waals surface area contributed by atoms with E-state index >= 15 is 0 Å². The molecule has 2 fully saturated rings. The van der Waals surface area contributed by atoms with E-state index in [9.17, 15) is 4.79 Å². The monoisotopic (exact) mass is 354 g/mol. The predicted molar refractivity (Wildman–Crippen MR) is 99.3 cm³/mol. The van der Waals surface area contributed by atoms with Crippen molar-refractivity contribution >= 4 is 49.0 Å². The summed E-state index contributed by atoms with van der Waals surface area (Å²) in [7, 11) is 0.990. The highest BCUT2D eigenvalue weighted by Gasteiger charge is 2.23. The fourth-order valence-corrected chi connectivity index (χ4v) is 5.04. The van der Waals surface area contributed by atoms with Crippen molar-refractivity contribution in [1.29, 1.82) is 0 Å². The van der Waals surface area contributed by atoms with E-state index in [4.69, 9.17) is 4.99 Å². The molecule has 1 atom stereocenters. The van der Waals surface area contributed by atoms with E-state index < -0.39 is 0 Å². The van der Waals surface area contributed by atoms with Gasteiger partial charge in [-0.1, -0.05) is 25.0 Å². The minimum Gasteiger partial charge on any atom is -0.321 e. The van der Waals surface area contributed by atoms with Crippen LogP contribution in [0, 0.1) is 0 Å². The molecule has 2 aliphatic rings. The second-order valence-corrected chi connectivity index (χ2v) is 8.34. The standard InChI is InChI=1S/C17H18N4OSSi/c22-16-14(7-11-4-5-13-15(8-11)23-10-18-13)20-17(21-16)19-12-3-1-2-6-24-9-12/h4-5,7-8,10,12H,1-3,6,9H2,(H2,19,20,21,22)/b14-7-/t12-/m0/s1. The molecule has 4 rings (SSSR count). The summed E-state index contributed by atoms with van der Waals surface area (Å²) in [5.74, 6) is 0.482. The predicted octanol–water partition coefficient (Wildman–Crippen LogP) is 2.81. The summed E-state index contributed by atoms with van der Waals surface area (Å²) in [5.41, 5.74) is 4.36. The molecule has 1 aromatic heterocycles. The Balaban J connectivity index is 1.52. The molecule has 0 unspecified atom stereocenters. The number of hydrogen-bond acceptors (Lipinski definition) is 4. The lowest BCUT2D eigenvalue weighted by molar-refractivity contribution is -0.115. The first-order valence-electron chi connectivity index (χ1n) is 8.20. The highest BCUT2D eigenvalue weighted by molar-refractivity contribution is 7.16. The van der Waals surface area contributed by atoms with E-state index in [1.54, 1.807) is 11.3 Å². The van der Waals surface area contributed by atoms with E-state index in [-0.39, 0.29) is 5.91 Å². The normalized spacial score (nSPS) is 25.0. The minimum absolute atomic E-state index is 0.116. The van der Waals surface area contributed by atoms with Crippen molar-refractivity contribution in [1.82, 2.24) is 15.6 Å². The zero-order chi connectivity index (χ0) is 16.4. The quantitative estimate of drug-likeness (QED) is 0.644. The smallest absolute Gasteiger partial charge is 0.274 e. The number of rotatable bonds is 2. The van der Waals surface area contributed by atoms with Crippen LogP contribution in [0.4, 0.5) is 0 Å². The number of fused-ring (bicyclic) bond motifs is 1. The van der Waals surface area contributed by atoms with Gasteiger partial charge in [-0.2, -0.15) is 0 Å². The van der Waals surface area contributed by atoms with Crippen LogP contribution < -0.4 is 10.6 Å². The average molecular weight is 355 g/mol.